The Morgan fingerprint density at radius 1 is 1.41 bits per heavy atom. The van der Waals surface area contributed by atoms with Gasteiger partial charge in [0.2, 0.25) is 11.8 Å². The van der Waals surface area contributed by atoms with Crippen LogP contribution in [0.3, 0.4) is 0 Å². The van der Waals surface area contributed by atoms with Crippen molar-refractivity contribution in [3.63, 3.8) is 0 Å². The van der Waals surface area contributed by atoms with E-state index in [2.05, 4.69) is 0 Å². The molecule has 0 aliphatic carbocycles. The summed E-state index contributed by atoms with van der Waals surface area (Å²) in [6, 6.07) is 6.52. The second-order valence-corrected chi connectivity index (χ2v) is 5.56. The van der Waals surface area contributed by atoms with Crippen molar-refractivity contribution in [1.29, 1.82) is 0 Å². The summed E-state index contributed by atoms with van der Waals surface area (Å²) in [4.78, 5) is 37.3. The fraction of sp³-hybridized carbons (Fsp3) is 0.400. The van der Waals surface area contributed by atoms with Gasteiger partial charge in [-0.1, -0.05) is 29.8 Å². The molecule has 6 nitrogen and oxygen atoms in total. The van der Waals surface area contributed by atoms with Crippen molar-refractivity contribution in [3.8, 4) is 0 Å². The Labute approximate surface area is 132 Å². The Kier molecular flexibility index (Phi) is 4.83. The van der Waals surface area contributed by atoms with Crippen LogP contribution in [0.15, 0.2) is 24.3 Å². The number of imide groups is 1. The van der Waals surface area contributed by atoms with Crippen molar-refractivity contribution in [3.05, 3.63) is 34.9 Å². The lowest BCUT2D eigenvalue weighted by Gasteiger charge is -2.26. The number of nitrogens with zero attached hydrogens (tertiary/aromatic N) is 1. The Hall–Kier alpha value is -1.92. The van der Waals surface area contributed by atoms with Gasteiger partial charge in [-0.2, -0.15) is 0 Å². The summed E-state index contributed by atoms with van der Waals surface area (Å²) >= 11 is 6.14. The number of carbonyl (C=O) groups is 3. The first-order valence-corrected chi connectivity index (χ1v) is 7.10. The summed E-state index contributed by atoms with van der Waals surface area (Å²) in [5, 5.41) is 9.48. The lowest BCUT2D eigenvalue weighted by Crippen LogP contribution is -2.41. The van der Waals surface area contributed by atoms with E-state index in [0.29, 0.717) is 5.56 Å². The topological polar surface area (TPSA) is 83.9 Å². The number of likely N-dealkylation sites (tertiary alicyclic amines) is 1. The molecule has 2 rings (SSSR count). The van der Waals surface area contributed by atoms with E-state index in [9.17, 15) is 19.5 Å². The third-order valence-electron chi connectivity index (χ3n) is 3.77. The first kappa shape index (κ1) is 16.5. The average molecular weight is 326 g/mol. The van der Waals surface area contributed by atoms with Gasteiger partial charge in [0, 0.05) is 18.6 Å². The smallest absolute Gasteiger partial charge is 0.304 e. The maximum absolute atomic E-state index is 12.8. The van der Waals surface area contributed by atoms with Gasteiger partial charge in [0.1, 0.15) is 0 Å². The van der Waals surface area contributed by atoms with Crippen LogP contribution in [-0.4, -0.2) is 48.1 Å². The molecule has 0 bridgehead atoms. The van der Waals surface area contributed by atoms with Crippen LogP contribution in [0.1, 0.15) is 18.4 Å². The molecule has 7 heteroatoms. The van der Waals surface area contributed by atoms with Crippen LogP contribution in [0.5, 0.6) is 0 Å². The van der Waals surface area contributed by atoms with E-state index in [1.165, 1.54) is 7.11 Å². The first-order chi connectivity index (χ1) is 10.4. The predicted molar refractivity (Wildman–Crippen MR) is 78.6 cm³/mol. The van der Waals surface area contributed by atoms with Crippen molar-refractivity contribution >= 4 is 29.4 Å². The molecule has 0 saturated carbocycles. The fourth-order valence-electron chi connectivity index (χ4n) is 2.76. The largest absolute Gasteiger partial charge is 0.481 e. The lowest BCUT2D eigenvalue weighted by atomic mass is 9.76. The monoisotopic (exact) mass is 325 g/mol. The van der Waals surface area contributed by atoms with Gasteiger partial charge in [-0.25, -0.2) is 0 Å². The number of hydrogen-bond donors (Lipinski definition) is 1. The Morgan fingerprint density at radius 2 is 2.09 bits per heavy atom. The third kappa shape index (κ3) is 2.84. The number of methoxy groups -OCH3 is 1. The van der Waals surface area contributed by atoms with Crippen LogP contribution in [0, 0.1) is 0 Å². The van der Waals surface area contributed by atoms with Crippen LogP contribution in [0.4, 0.5) is 0 Å². The minimum absolute atomic E-state index is 0.0972. The maximum Gasteiger partial charge on any atom is 0.304 e. The molecular weight excluding hydrogens is 310 g/mol. The number of amides is 2. The number of carboxylic acid groups (broad SMARTS) is 1. The standard InChI is InChI=1S/C15H16ClNO5/c1-22-7-6-17-12(18)8-15(14(17)21,9-13(19)20)10-4-2-3-5-11(10)16/h2-5H,6-9H2,1H3,(H,19,20). The number of carbonyl (C=O) groups excluding carboxylic acids is 2. The molecular formula is C15H16ClNO5. The van der Waals surface area contributed by atoms with Gasteiger partial charge in [-0.05, 0) is 11.6 Å². The highest BCUT2D eigenvalue weighted by Gasteiger charge is 2.54. The molecule has 2 amide bonds. The highest BCUT2D eigenvalue weighted by molar-refractivity contribution is 6.32. The van der Waals surface area contributed by atoms with E-state index >= 15 is 0 Å². The summed E-state index contributed by atoms with van der Waals surface area (Å²) in [6.45, 7) is 0.295. The van der Waals surface area contributed by atoms with E-state index < -0.39 is 29.6 Å². The summed E-state index contributed by atoms with van der Waals surface area (Å²) in [6.07, 6.45) is -0.684. The molecule has 1 aliphatic heterocycles. The minimum atomic E-state index is -1.45. The zero-order chi connectivity index (χ0) is 16.3. The van der Waals surface area contributed by atoms with Crippen molar-refractivity contribution < 1.29 is 24.2 Å². The predicted octanol–water partition coefficient (Wildman–Crippen LogP) is 1.46. The normalized spacial score (nSPS) is 21.5. The van der Waals surface area contributed by atoms with Gasteiger partial charge < -0.3 is 9.84 Å². The summed E-state index contributed by atoms with van der Waals surface area (Å²) in [5.41, 5.74) is -1.08. The first-order valence-electron chi connectivity index (χ1n) is 6.73. The highest BCUT2D eigenvalue weighted by Crippen LogP contribution is 2.42. The fourth-order valence-corrected chi connectivity index (χ4v) is 3.08. The molecule has 1 fully saturated rings. The van der Waals surface area contributed by atoms with E-state index in [0.717, 1.165) is 4.90 Å². The van der Waals surface area contributed by atoms with Gasteiger partial charge in [0.05, 0.1) is 25.0 Å². The van der Waals surface area contributed by atoms with Gasteiger partial charge in [0.15, 0.2) is 0 Å². The molecule has 1 saturated heterocycles. The maximum atomic E-state index is 12.8. The van der Waals surface area contributed by atoms with Crippen molar-refractivity contribution in [2.24, 2.45) is 0 Å². The van der Waals surface area contributed by atoms with Gasteiger partial charge >= 0.3 is 5.97 Å². The van der Waals surface area contributed by atoms with E-state index in [4.69, 9.17) is 16.3 Å². The van der Waals surface area contributed by atoms with E-state index in [1.807, 2.05) is 0 Å². The van der Waals surface area contributed by atoms with Gasteiger partial charge in [0.25, 0.3) is 0 Å². The van der Waals surface area contributed by atoms with E-state index in [-0.39, 0.29) is 24.6 Å². The molecule has 1 heterocycles. The molecule has 0 aromatic heterocycles. The SMILES string of the molecule is COCCN1C(=O)CC(CC(=O)O)(c2ccccc2Cl)C1=O. The molecule has 0 spiro atoms. The number of rotatable bonds is 6. The average Bonchev–Trinajstić information content (AvgIpc) is 2.68. The van der Waals surface area contributed by atoms with Crippen molar-refractivity contribution in [2.45, 2.75) is 18.3 Å². The number of hydrogen-bond acceptors (Lipinski definition) is 4. The molecule has 1 atom stereocenters. The van der Waals surface area contributed by atoms with Crippen molar-refractivity contribution in [2.75, 3.05) is 20.3 Å². The third-order valence-corrected chi connectivity index (χ3v) is 4.10. The Balaban J connectivity index is 2.48. The number of benzene rings is 1. The van der Waals surface area contributed by atoms with Crippen molar-refractivity contribution in [1.82, 2.24) is 4.90 Å². The molecule has 1 aromatic rings. The van der Waals surface area contributed by atoms with Crippen LogP contribution in [-0.2, 0) is 24.5 Å². The molecule has 1 aromatic carbocycles. The quantitative estimate of drug-likeness (QED) is 0.800. The molecule has 118 valence electrons. The van der Waals surface area contributed by atoms with Crippen LogP contribution in [0.2, 0.25) is 5.02 Å². The summed E-state index contributed by atoms with van der Waals surface area (Å²) in [5.74, 6) is -2.11. The van der Waals surface area contributed by atoms with Crippen LogP contribution < -0.4 is 0 Å². The Morgan fingerprint density at radius 3 is 2.68 bits per heavy atom. The molecule has 1 N–H and O–H groups in total. The number of ether oxygens (including phenoxy) is 1. The van der Waals surface area contributed by atoms with E-state index in [1.54, 1.807) is 24.3 Å². The second kappa shape index (κ2) is 6.46. The zero-order valence-corrected chi connectivity index (χ0v) is 12.8. The summed E-state index contributed by atoms with van der Waals surface area (Å²) < 4.78 is 4.89. The number of aliphatic carboxylic acids is 1. The molecule has 0 radical (unpaired) electrons. The van der Waals surface area contributed by atoms with Gasteiger partial charge in [-0.3, -0.25) is 19.3 Å². The number of halogens is 1. The van der Waals surface area contributed by atoms with Crippen LogP contribution >= 0.6 is 11.6 Å². The summed E-state index contributed by atoms with van der Waals surface area (Å²) in [7, 11) is 1.46. The molecule has 1 unspecified atom stereocenters. The second-order valence-electron chi connectivity index (χ2n) is 5.15. The lowest BCUT2D eigenvalue weighted by molar-refractivity contribution is -0.145. The minimum Gasteiger partial charge on any atom is -0.481 e. The van der Waals surface area contributed by atoms with Gasteiger partial charge in [-0.15, -0.1) is 0 Å². The highest BCUT2D eigenvalue weighted by atomic mass is 35.5. The van der Waals surface area contributed by atoms with Crippen LogP contribution in [0.25, 0.3) is 0 Å². The molecule has 22 heavy (non-hydrogen) atoms. The zero-order valence-electron chi connectivity index (χ0n) is 12.0. The number of carboxylic acids is 1. The Bertz CT molecular complexity index is 618. The molecule has 1 aliphatic rings.